The molecule has 0 aromatic heterocycles. The SMILES string of the molecule is O=C(c1cc([N+](=O)[O-])ccc1F)N1CCN(C2CC2)CC1. The first-order valence-corrected chi connectivity index (χ1v) is 7.03. The number of hydrogen-bond acceptors (Lipinski definition) is 4. The van der Waals surface area contributed by atoms with Crippen molar-refractivity contribution in [1.29, 1.82) is 0 Å². The van der Waals surface area contributed by atoms with Crippen molar-refractivity contribution in [2.45, 2.75) is 18.9 Å². The maximum atomic E-state index is 13.8. The van der Waals surface area contributed by atoms with Gasteiger partial charge in [0.1, 0.15) is 5.82 Å². The number of non-ortho nitro benzene ring substituents is 1. The van der Waals surface area contributed by atoms with Gasteiger partial charge in [-0.15, -0.1) is 0 Å². The van der Waals surface area contributed by atoms with Crippen LogP contribution in [0.15, 0.2) is 18.2 Å². The van der Waals surface area contributed by atoms with Gasteiger partial charge in [-0.1, -0.05) is 0 Å². The highest BCUT2D eigenvalue weighted by Gasteiger charge is 2.33. The van der Waals surface area contributed by atoms with Crippen LogP contribution in [0, 0.1) is 15.9 Å². The van der Waals surface area contributed by atoms with Gasteiger partial charge in [0.2, 0.25) is 0 Å². The first-order chi connectivity index (χ1) is 10.1. The van der Waals surface area contributed by atoms with Crippen molar-refractivity contribution < 1.29 is 14.1 Å². The zero-order chi connectivity index (χ0) is 15.0. The van der Waals surface area contributed by atoms with E-state index in [9.17, 15) is 19.3 Å². The predicted octanol–water partition coefficient (Wildman–Crippen LogP) is 1.65. The van der Waals surface area contributed by atoms with Gasteiger partial charge in [-0.25, -0.2) is 4.39 Å². The lowest BCUT2D eigenvalue weighted by Crippen LogP contribution is -2.49. The molecule has 0 N–H and O–H groups in total. The summed E-state index contributed by atoms with van der Waals surface area (Å²) in [4.78, 5) is 26.4. The van der Waals surface area contributed by atoms with E-state index in [1.54, 1.807) is 4.90 Å². The van der Waals surface area contributed by atoms with E-state index in [0.717, 1.165) is 31.3 Å². The minimum Gasteiger partial charge on any atom is -0.336 e. The van der Waals surface area contributed by atoms with Crippen LogP contribution in [0.25, 0.3) is 0 Å². The molecule has 2 aliphatic rings. The molecular weight excluding hydrogens is 277 g/mol. The third-order valence-electron chi connectivity index (χ3n) is 4.06. The van der Waals surface area contributed by atoms with Gasteiger partial charge < -0.3 is 4.90 Å². The van der Waals surface area contributed by atoms with Crippen LogP contribution in [0.1, 0.15) is 23.2 Å². The van der Waals surface area contributed by atoms with E-state index in [-0.39, 0.29) is 11.3 Å². The van der Waals surface area contributed by atoms with Crippen molar-refractivity contribution in [1.82, 2.24) is 9.80 Å². The number of amides is 1. The molecule has 1 saturated heterocycles. The van der Waals surface area contributed by atoms with Gasteiger partial charge in [0, 0.05) is 44.4 Å². The summed E-state index contributed by atoms with van der Waals surface area (Å²) < 4.78 is 13.8. The number of carbonyl (C=O) groups is 1. The topological polar surface area (TPSA) is 66.7 Å². The zero-order valence-corrected chi connectivity index (χ0v) is 11.5. The molecule has 3 rings (SSSR count). The molecule has 0 atom stereocenters. The molecule has 7 heteroatoms. The molecule has 1 amide bonds. The van der Waals surface area contributed by atoms with Crippen LogP contribution in [-0.2, 0) is 0 Å². The van der Waals surface area contributed by atoms with Crippen molar-refractivity contribution in [3.63, 3.8) is 0 Å². The van der Waals surface area contributed by atoms with Gasteiger partial charge in [0.05, 0.1) is 10.5 Å². The largest absolute Gasteiger partial charge is 0.336 e. The molecule has 0 radical (unpaired) electrons. The molecule has 1 heterocycles. The third kappa shape index (κ3) is 2.87. The molecule has 2 fully saturated rings. The lowest BCUT2D eigenvalue weighted by atomic mass is 10.1. The zero-order valence-electron chi connectivity index (χ0n) is 11.5. The number of halogens is 1. The Morgan fingerprint density at radius 1 is 1.24 bits per heavy atom. The number of nitro benzene ring substituents is 1. The Kier molecular flexibility index (Phi) is 3.59. The Bertz CT molecular complexity index is 581. The molecule has 0 bridgehead atoms. The summed E-state index contributed by atoms with van der Waals surface area (Å²) in [6.07, 6.45) is 2.43. The number of nitrogens with zero attached hydrogens (tertiary/aromatic N) is 3. The number of piperazine rings is 1. The molecule has 1 saturated carbocycles. The van der Waals surface area contributed by atoms with Gasteiger partial charge >= 0.3 is 0 Å². The van der Waals surface area contributed by atoms with Gasteiger partial charge in [-0.05, 0) is 18.9 Å². The molecule has 21 heavy (non-hydrogen) atoms. The van der Waals surface area contributed by atoms with Crippen LogP contribution in [-0.4, -0.2) is 52.9 Å². The normalized spacial score (nSPS) is 19.6. The Morgan fingerprint density at radius 2 is 1.90 bits per heavy atom. The lowest BCUT2D eigenvalue weighted by molar-refractivity contribution is -0.384. The average molecular weight is 293 g/mol. The molecule has 1 aromatic carbocycles. The van der Waals surface area contributed by atoms with Gasteiger partial charge in [-0.3, -0.25) is 19.8 Å². The lowest BCUT2D eigenvalue weighted by Gasteiger charge is -2.34. The van der Waals surface area contributed by atoms with Crippen LogP contribution in [0.5, 0.6) is 0 Å². The van der Waals surface area contributed by atoms with Crippen molar-refractivity contribution >= 4 is 11.6 Å². The van der Waals surface area contributed by atoms with Crippen LogP contribution in [0.3, 0.4) is 0 Å². The van der Waals surface area contributed by atoms with Crippen LogP contribution in [0.4, 0.5) is 10.1 Å². The highest BCUT2D eigenvalue weighted by Crippen LogP contribution is 2.28. The van der Waals surface area contributed by atoms with E-state index >= 15 is 0 Å². The molecule has 6 nitrogen and oxygen atoms in total. The Hall–Kier alpha value is -2.02. The van der Waals surface area contributed by atoms with Gasteiger partial charge in [0.25, 0.3) is 11.6 Å². The second-order valence-corrected chi connectivity index (χ2v) is 5.48. The minimum atomic E-state index is -0.713. The number of rotatable bonds is 3. The Labute approximate surface area is 121 Å². The standard InChI is InChI=1S/C14H16FN3O3/c15-13-4-3-11(18(20)21)9-12(13)14(19)17-7-5-16(6-8-17)10-1-2-10/h3-4,9-10H,1-2,5-8H2. The van der Waals surface area contributed by atoms with Crippen molar-refractivity contribution in [3.05, 3.63) is 39.7 Å². The van der Waals surface area contributed by atoms with E-state index in [1.807, 2.05) is 0 Å². The summed E-state index contributed by atoms with van der Waals surface area (Å²) in [5, 5.41) is 10.7. The van der Waals surface area contributed by atoms with E-state index in [1.165, 1.54) is 12.8 Å². The highest BCUT2D eigenvalue weighted by molar-refractivity contribution is 5.95. The summed E-state index contributed by atoms with van der Waals surface area (Å²) in [5.74, 6) is -1.18. The average Bonchev–Trinajstić information content (AvgIpc) is 3.31. The summed E-state index contributed by atoms with van der Waals surface area (Å²) in [5.41, 5.74) is -0.486. The fraction of sp³-hybridized carbons (Fsp3) is 0.500. The van der Waals surface area contributed by atoms with Gasteiger partial charge in [-0.2, -0.15) is 0 Å². The van der Waals surface area contributed by atoms with Crippen LogP contribution >= 0.6 is 0 Å². The van der Waals surface area contributed by atoms with Crippen LogP contribution < -0.4 is 0 Å². The third-order valence-corrected chi connectivity index (χ3v) is 4.06. The van der Waals surface area contributed by atoms with Crippen molar-refractivity contribution in [2.75, 3.05) is 26.2 Å². The van der Waals surface area contributed by atoms with E-state index in [2.05, 4.69) is 4.90 Å². The minimum absolute atomic E-state index is 0.218. The van der Waals surface area contributed by atoms with Crippen LogP contribution in [0.2, 0.25) is 0 Å². The van der Waals surface area contributed by atoms with Crippen molar-refractivity contribution in [2.24, 2.45) is 0 Å². The van der Waals surface area contributed by atoms with E-state index in [0.29, 0.717) is 19.1 Å². The van der Waals surface area contributed by atoms with E-state index in [4.69, 9.17) is 0 Å². The molecule has 1 aliphatic heterocycles. The molecule has 0 spiro atoms. The monoisotopic (exact) mass is 293 g/mol. The summed E-state index contributed by atoms with van der Waals surface area (Å²) in [6.45, 7) is 2.65. The molecule has 0 unspecified atom stereocenters. The number of hydrogen-bond donors (Lipinski definition) is 0. The second kappa shape index (κ2) is 5.40. The molecular formula is C14H16FN3O3. The first-order valence-electron chi connectivity index (χ1n) is 7.03. The number of nitro groups is 1. The maximum Gasteiger partial charge on any atom is 0.270 e. The summed E-state index contributed by atoms with van der Waals surface area (Å²) in [6, 6.07) is 3.71. The first kappa shape index (κ1) is 13.9. The second-order valence-electron chi connectivity index (χ2n) is 5.48. The van der Waals surface area contributed by atoms with E-state index < -0.39 is 16.6 Å². The molecule has 112 valence electrons. The number of carbonyl (C=O) groups excluding carboxylic acids is 1. The summed E-state index contributed by atoms with van der Waals surface area (Å²) in [7, 11) is 0. The Balaban J connectivity index is 1.72. The quantitative estimate of drug-likeness (QED) is 0.628. The fourth-order valence-electron chi connectivity index (χ4n) is 2.69. The fourth-order valence-corrected chi connectivity index (χ4v) is 2.69. The highest BCUT2D eigenvalue weighted by atomic mass is 19.1. The maximum absolute atomic E-state index is 13.8. The smallest absolute Gasteiger partial charge is 0.270 e. The Morgan fingerprint density at radius 3 is 2.48 bits per heavy atom. The van der Waals surface area contributed by atoms with Gasteiger partial charge in [0.15, 0.2) is 0 Å². The van der Waals surface area contributed by atoms with Crippen molar-refractivity contribution in [3.8, 4) is 0 Å². The molecule has 1 aromatic rings. The predicted molar refractivity (Wildman–Crippen MR) is 73.6 cm³/mol. The number of benzene rings is 1. The molecule has 1 aliphatic carbocycles. The summed E-state index contributed by atoms with van der Waals surface area (Å²) >= 11 is 0.